The van der Waals surface area contributed by atoms with Gasteiger partial charge in [0, 0.05) is 133 Å². The molecule has 474 valence electrons. The van der Waals surface area contributed by atoms with E-state index in [1.54, 1.807) is 4.90 Å². The molecule has 0 aromatic rings. The Morgan fingerprint density at radius 2 is 0.585 bits per heavy atom. The molecule has 5 fully saturated rings. The molecule has 0 aromatic carbocycles. The normalized spacial score (nSPS) is 26.2. The van der Waals surface area contributed by atoms with E-state index < -0.39 is 36.1 Å². The maximum absolute atomic E-state index is 14.9. The predicted octanol–water partition coefficient (Wildman–Crippen LogP) is 7.67. The van der Waals surface area contributed by atoms with Crippen molar-refractivity contribution in [3.8, 4) is 0 Å². The Bertz CT molecular complexity index is 2050. The Balaban J connectivity index is 1.50. The lowest BCUT2D eigenvalue weighted by atomic mass is 9.78. The van der Waals surface area contributed by atoms with Crippen molar-refractivity contribution < 1.29 is 52.1 Å². The number of rotatable bonds is 21. The Hall–Kier alpha value is -2.97. The molecule has 0 bridgehead atoms. The van der Waals surface area contributed by atoms with E-state index in [4.69, 9.17) is 23.7 Å². The standard InChI is InChI=1S/C64H119N8O10/c1-55(2)30-45(31-56(3,4)66(55)21)78-50(73)40-65-26-28-72(43-53(76)81-48-36-61(13,14)69(24)62(15,16)37-48,44-54(77)82-49-38-63(17,18)70(25)64(19,20)39-49)29-27-71(41-51(74)79-46-32-57(5,6)67(22)58(7,8)33-46)42-52(75)80-47-34-59(9,10)68(23)60(11,12)35-47/h45-49,65H,26-44H2,1-25H3/q+1. The predicted molar refractivity (Wildman–Crippen MR) is 324 cm³/mol. The van der Waals surface area contributed by atoms with Gasteiger partial charge in [0.2, 0.25) is 0 Å². The molecule has 1 N–H and O–H groups in total. The van der Waals surface area contributed by atoms with Crippen LogP contribution in [0, 0.1) is 0 Å². The lowest BCUT2D eigenvalue weighted by Gasteiger charge is -2.53. The zero-order valence-electron chi connectivity index (χ0n) is 56.5. The largest absolute Gasteiger partial charge is 0.461 e. The van der Waals surface area contributed by atoms with E-state index in [1.165, 1.54) is 0 Å². The molecule has 0 radical (unpaired) electrons. The van der Waals surface area contributed by atoms with Crippen LogP contribution in [0.1, 0.15) is 203 Å². The fourth-order valence-corrected chi connectivity index (χ4v) is 15.4. The summed E-state index contributed by atoms with van der Waals surface area (Å²) in [6.07, 6.45) is 4.65. The van der Waals surface area contributed by atoms with Crippen molar-refractivity contribution in [3.63, 3.8) is 0 Å². The van der Waals surface area contributed by atoms with E-state index in [1.807, 2.05) is 0 Å². The summed E-state index contributed by atoms with van der Waals surface area (Å²) in [4.78, 5) is 85.9. The number of likely N-dealkylation sites (tertiary alicyclic amines) is 5. The van der Waals surface area contributed by atoms with Gasteiger partial charge in [0.25, 0.3) is 0 Å². The highest BCUT2D eigenvalue weighted by Crippen LogP contribution is 2.43. The van der Waals surface area contributed by atoms with Crippen LogP contribution in [0.5, 0.6) is 0 Å². The lowest BCUT2D eigenvalue weighted by molar-refractivity contribution is -0.913. The maximum atomic E-state index is 14.9. The highest BCUT2D eigenvalue weighted by Gasteiger charge is 2.50. The van der Waals surface area contributed by atoms with Crippen molar-refractivity contribution >= 4 is 29.8 Å². The van der Waals surface area contributed by atoms with Gasteiger partial charge in [-0.1, -0.05) is 0 Å². The molecule has 5 heterocycles. The summed E-state index contributed by atoms with van der Waals surface area (Å²) in [6.45, 7) is 43.0. The number of ether oxygens (including phenoxy) is 5. The van der Waals surface area contributed by atoms with Crippen molar-refractivity contribution in [2.24, 2.45) is 0 Å². The molecule has 5 aliphatic heterocycles. The average molecular weight is 1160 g/mol. The second-order valence-corrected chi connectivity index (χ2v) is 32.5. The number of nitrogens with zero attached hydrogens (tertiary/aromatic N) is 7. The van der Waals surface area contributed by atoms with Crippen LogP contribution in [-0.4, -0.2) is 244 Å². The molecule has 5 aliphatic rings. The minimum absolute atomic E-state index is 0.0828. The van der Waals surface area contributed by atoms with Gasteiger partial charge >= 0.3 is 29.8 Å². The minimum Gasteiger partial charge on any atom is -0.461 e. The molecule has 18 nitrogen and oxygen atoms in total. The van der Waals surface area contributed by atoms with E-state index in [-0.39, 0.29) is 143 Å². The summed E-state index contributed by atoms with van der Waals surface area (Å²) in [5.74, 6) is -2.25. The smallest absolute Gasteiger partial charge is 0.362 e. The molecule has 18 heteroatoms. The van der Waals surface area contributed by atoms with Gasteiger partial charge in [-0.05, 0) is 174 Å². The number of quaternary nitrogens is 1. The van der Waals surface area contributed by atoms with E-state index in [0.717, 1.165) is 0 Å². The summed E-state index contributed by atoms with van der Waals surface area (Å²) >= 11 is 0. The first-order chi connectivity index (χ1) is 37.0. The van der Waals surface area contributed by atoms with Crippen molar-refractivity contribution in [1.82, 2.24) is 34.7 Å². The van der Waals surface area contributed by atoms with Crippen LogP contribution < -0.4 is 5.32 Å². The molecule has 0 spiro atoms. The van der Waals surface area contributed by atoms with Crippen LogP contribution >= 0.6 is 0 Å². The van der Waals surface area contributed by atoms with Crippen LogP contribution in [0.3, 0.4) is 0 Å². The SMILES string of the molecule is CN1C(C)(C)CC(OC(=O)CNCC[N+](CCN(CC(=O)OC2CC(C)(C)N(C)C(C)(C)C2)CC(=O)OC2CC(C)(C)N(C)C(C)(C)C2)(CC(=O)OC2CC(C)(C)N(C)C(C)(C)C2)CC(=O)OC2CC(C)(C)N(C)C(C)(C)C2)CC1(C)C. The molecule has 5 rings (SSSR count). The number of hydrogen-bond donors (Lipinski definition) is 1. The highest BCUT2D eigenvalue weighted by molar-refractivity contribution is 5.76. The van der Waals surface area contributed by atoms with Gasteiger partial charge in [-0.2, -0.15) is 0 Å². The second-order valence-electron chi connectivity index (χ2n) is 32.5. The number of carbonyl (C=O) groups is 5. The molecule has 0 aromatic heterocycles. The first-order valence-corrected chi connectivity index (χ1v) is 31.0. The summed E-state index contributed by atoms with van der Waals surface area (Å²) in [7, 11) is 10.6. The quantitative estimate of drug-likeness (QED) is 0.0515. The van der Waals surface area contributed by atoms with Gasteiger partial charge < -0.3 is 33.5 Å². The molecule has 5 saturated heterocycles. The molecule has 0 atom stereocenters. The Morgan fingerprint density at radius 1 is 0.366 bits per heavy atom. The molecule has 0 saturated carbocycles. The number of carbonyl (C=O) groups excluding carboxylic acids is 5. The van der Waals surface area contributed by atoms with Gasteiger partial charge in [-0.15, -0.1) is 0 Å². The van der Waals surface area contributed by atoms with Crippen molar-refractivity contribution in [3.05, 3.63) is 0 Å². The molecule has 0 amide bonds. The zero-order valence-corrected chi connectivity index (χ0v) is 56.5. The monoisotopic (exact) mass is 1160 g/mol. The van der Waals surface area contributed by atoms with Crippen LogP contribution in [-0.2, 0) is 47.7 Å². The lowest BCUT2D eigenvalue weighted by Crippen LogP contribution is -2.63. The third-order valence-electron chi connectivity index (χ3n) is 21.4. The molecule has 0 aliphatic carbocycles. The van der Waals surface area contributed by atoms with Crippen molar-refractivity contribution in [2.45, 2.75) is 289 Å². The topological polar surface area (TPSA) is 163 Å². The third-order valence-corrected chi connectivity index (χ3v) is 21.4. The fraction of sp³-hybridized carbons (Fsp3) is 0.922. The first-order valence-electron chi connectivity index (χ1n) is 31.0. The summed E-state index contributed by atoms with van der Waals surface area (Å²) in [5.41, 5.74) is -2.39. The Labute approximate surface area is 497 Å². The second kappa shape index (κ2) is 25.0. The van der Waals surface area contributed by atoms with Crippen LogP contribution in [0.4, 0.5) is 0 Å². The van der Waals surface area contributed by atoms with E-state index >= 15 is 0 Å². The van der Waals surface area contributed by atoms with Gasteiger partial charge in [-0.3, -0.25) is 43.8 Å². The summed E-state index contributed by atoms with van der Waals surface area (Å²) < 4.78 is 31.7. The van der Waals surface area contributed by atoms with Gasteiger partial charge in [-0.25, -0.2) is 9.59 Å². The number of piperidine rings is 5. The molecule has 0 unspecified atom stereocenters. The Morgan fingerprint density at radius 3 is 0.829 bits per heavy atom. The first kappa shape index (κ1) is 69.8. The minimum atomic E-state index is -0.469. The molecule has 82 heavy (non-hydrogen) atoms. The van der Waals surface area contributed by atoms with Crippen LogP contribution in [0.15, 0.2) is 0 Å². The highest BCUT2D eigenvalue weighted by atomic mass is 16.6. The third kappa shape index (κ3) is 17.6. The molecular formula is C64H119N8O10+. The van der Waals surface area contributed by atoms with Gasteiger partial charge in [0.05, 0.1) is 32.7 Å². The average Bonchev–Trinajstić information content (AvgIpc) is 3.27. The van der Waals surface area contributed by atoms with Gasteiger partial charge in [0.15, 0.2) is 13.1 Å². The van der Waals surface area contributed by atoms with Crippen molar-refractivity contribution in [1.29, 1.82) is 0 Å². The van der Waals surface area contributed by atoms with E-state index in [9.17, 15) is 24.0 Å². The Kier molecular flexibility index (Phi) is 21.3. The van der Waals surface area contributed by atoms with Crippen LogP contribution in [0.2, 0.25) is 0 Å². The van der Waals surface area contributed by atoms with Crippen LogP contribution in [0.25, 0.3) is 0 Å². The number of nitrogens with one attached hydrogen (secondary N) is 1. The number of hydrogen-bond acceptors (Lipinski definition) is 17. The molecular weight excluding hydrogens is 1040 g/mol. The fourth-order valence-electron chi connectivity index (χ4n) is 15.4. The summed E-state index contributed by atoms with van der Waals surface area (Å²) in [5, 5.41) is 3.33. The van der Waals surface area contributed by atoms with E-state index in [2.05, 4.69) is 204 Å². The summed E-state index contributed by atoms with van der Waals surface area (Å²) in [6, 6.07) is 0. The number of esters is 5. The van der Waals surface area contributed by atoms with E-state index in [0.29, 0.717) is 64.2 Å². The maximum Gasteiger partial charge on any atom is 0.362 e. The zero-order chi connectivity index (χ0) is 62.4. The van der Waals surface area contributed by atoms with Crippen molar-refractivity contribution in [2.75, 3.05) is 94.1 Å². The van der Waals surface area contributed by atoms with Gasteiger partial charge in [0.1, 0.15) is 30.5 Å².